The number of alkyl halides is 1. The molecule has 4 heterocycles. The zero-order chi connectivity index (χ0) is 20.9. The van der Waals surface area contributed by atoms with Gasteiger partial charge >= 0.3 is 0 Å². The Labute approximate surface area is 174 Å². The summed E-state index contributed by atoms with van der Waals surface area (Å²) in [6.45, 7) is 6.32. The first-order valence-corrected chi connectivity index (χ1v) is 10.2. The van der Waals surface area contributed by atoms with Crippen LogP contribution in [0, 0.1) is 5.92 Å². The number of nitrogens with zero attached hydrogens (tertiary/aromatic N) is 4. The molecule has 0 radical (unpaired) electrons. The van der Waals surface area contributed by atoms with Crippen LogP contribution in [-0.2, 0) is 0 Å². The summed E-state index contributed by atoms with van der Waals surface area (Å²) in [5.41, 5.74) is 3.20. The fourth-order valence-corrected chi connectivity index (χ4v) is 4.81. The number of benzene rings is 1. The molecule has 2 aliphatic rings. The molecule has 6 nitrogen and oxygen atoms in total. The van der Waals surface area contributed by atoms with Gasteiger partial charge in [0, 0.05) is 41.5 Å². The van der Waals surface area contributed by atoms with Crippen molar-refractivity contribution in [1.82, 2.24) is 25.1 Å². The molecule has 1 aromatic carbocycles. The molecular formula is C23H24FN5O. The van der Waals surface area contributed by atoms with Gasteiger partial charge in [0.2, 0.25) is 0 Å². The molecule has 154 valence electrons. The summed E-state index contributed by atoms with van der Waals surface area (Å²) in [5.74, 6) is -0.152. The van der Waals surface area contributed by atoms with E-state index >= 15 is 0 Å². The number of hydrogen-bond donors (Lipinski definition) is 2. The number of phenolic OH excluding ortho intramolecular Hbond substituents is 1. The van der Waals surface area contributed by atoms with E-state index in [-0.39, 0.29) is 23.2 Å². The zero-order valence-corrected chi connectivity index (χ0v) is 16.8. The predicted molar refractivity (Wildman–Crippen MR) is 113 cm³/mol. The standard InChI is InChI=1S/C23H24FN5O/c1-14(17-12-23(2)8-7-20(26-23)22(17)24)18-5-6-19(28-27-18)16-4-3-15(11-21(16)30)29-10-9-25-13-29/h3-6,9-11,13,17,20,22,26,30H,1,7-8,12H2,2H3/t17-,20?,22+,23+/m1/s1. The first kappa shape index (κ1) is 18.9. The summed E-state index contributed by atoms with van der Waals surface area (Å²) < 4.78 is 16.8. The summed E-state index contributed by atoms with van der Waals surface area (Å²) in [7, 11) is 0. The number of fused-ring (bicyclic) bond motifs is 2. The van der Waals surface area contributed by atoms with Crippen LogP contribution in [0.1, 0.15) is 31.9 Å². The summed E-state index contributed by atoms with van der Waals surface area (Å²) in [6.07, 6.45) is 6.75. The van der Waals surface area contributed by atoms with Crippen LogP contribution >= 0.6 is 0 Å². The largest absolute Gasteiger partial charge is 0.507 e. The number of hydrogen-bond acceptors (Lipinski definition) is 5. The highest BCUT2D eigenvalue weighted by molar-refractivity contribution is 5.70. The van der Waals surface area contributed by atoms with E-state index in [9.17, 15) is 9.50 Å². The van der Waals surface area contributed by atoms with Crippen LogP contribution in [0.3, 0.4) is 0 Å². The summed E-state index contributed by atoms with van der Waals surface area (Å²) in [4.78, 5) is 4.02. The number of imidazole rings is 1. The van der Waals surface area contributed by atoms with Gasteiger partial charge in [-0.25, -0.2) is 9.37 Å². The first-order valence-electron chi connectivity index (χ1n) is 10.2. The third kappa shape index (κ3) is 3.19. The maximum Gasteiger partial charge on any atom is 0.127 e. The smallest absolute Gasteiger partial charge is 0.127 e. The van der Waals surface area contributed by atoms with Gasteiger partial charge in [-0.3, -0.25) is 0 Å². The van der Waals surface area contributed by atoms with Crippen molar-refractivity contribution < 1.29 is 9.50 Å². The van der Waals surface area contributed by atoms with Crippen molar-refractivity contribution in [1.29, 1.82) is 0 Å². The number of halogens is 1. The maximum atomic E-state index is 15.0. The summed E-state index contributed by atoms with van der Waals surface area (Å²) in [6, 6.07) is 8.84. The van der Waals surface area contributed by atoms with Crippen LogP contribution in [0.25, 0.3) is 22.5 Å². The van der Waals surface area contributed by atoms with Crippen molar-refractivity contribution in [2.24, 2.45) is 5.92 Å². The number of allylic oxidation sites excluding steroid dienone is 1. The van der Waals surface area contributed by atoms with Gasteiger partial charge in [0.25, 0.3) is 0 Å². The first-order chi connectivity index (χ1) is 14.4. The molecule has 2 aromatic heterocycles. The molecule has 4 atom stereocenters. The maximum absolute atomic E-state index is 15.0. The minimum atomic E-state index is -0.964. The van der Waals surface area contributed by atoms with E-state index < -0.39 is 6.17 Å². The van der Waals surface area contributed by atoms with Crippen LogP contribution in [-0.4, -0.2) is 42.6 Å². The van der Waals surface area contributed by atoms with E-state index in [1.165, 1.54) is 0 Å². The lowest BCUT2D eigenvalue weighted by Gasteiger charge is -2.39. The van der Waals surface area contributed by atoms with Gasteiger partial charge in [-0.15, -0.1) is 5.10 Å². The lowest BCUT2D eigenvalue weighted by Crippen LogP contribution is -2.53. The second-order valence-corrected chi connectivity index (χ2v) is 8.61. The van der Waals surface area contributed by atoms with E-state index in [4.69, 9.17) is 0 Å². The number of aromatic hydroxyl groups is 1. The summed E-state index contributed by atoms with van der Waals surface area (Å²) in [5, 5.41) is 22.5. The Morgan fingerprint density at radius 3 is 2.87 bits per heavy atom. The van der Waals surface area contributed by atoms with E-state index in [0.717, 1.165) is 18.5 Å². The average Bonchev–Trinajstić information content (AvgIpc) is 3.39. The van der Waals surface area contributed by atoms with E-state index in [1.807, 2.05) is 16.7 Å². The molecule has 2 fully saturated rings. The molecule has 3 aromatic rings. The third-order valence-electron chi connectivity index (χ3n) is 6.48. The molecule has 2 aliphatic heterocycles. The highest BCUT2D eigenvalue weighted by Crippen LogP contribution is 2.44. The fourth-order valence-electron chi connectivity index (χ4n) is 4.81. The topological polar surface area (TPSA) is 75.9 Å². The fraction of sp³-hybridized carbons (Fsp3) is 0.348. The molecule has 2 saturated heterocycles. The molecule has 30 heavy (non-hydrogen) atoms. The van der Waals surface area contributed by atoms with Crippen molar-refractivity contribution >= 4 is 5.57 Å². The minimum absolute atomic E-state index is 0.0307. The highest BCUT2D eigenvalue weighted by atomic mass is 19.1. The van der Waals surface area contributed by atoms with Gasteiger partial charge in [-0.05, 0) is 56.0 Å². The van der Waals surface area contributed by atoms with Crippen LogP contribution in [0.2, 0.25) is 0 Å². The highest BCUT2D eigenvalue weighted by Gasteiger charge is 2.49. The Kier molecular flexibility index (Phi) is 4.43. The van der Waals surface area contributed by atoms with E-state index in [1.54, 1.807) is 36.9 Å². The molecule has 7 heteroatoms. The second-order valence-electron chi connectivity index (χ2n) is 8.61. The van der Waals surface area contributed by atoms with Crippen molar-refractivity contribution in [2.75, 3.05) is 0 Å². The van der Waals surface area contributed by atoms with Gasteiger partial charge in [0.15, 0.2) is 0 Å². The molecule has 0 saturated carbocycles. The SMILES string of the molecule is C=C(c1ccc(-c2ccc(-n3ccnc3)cc2O)nn1)[C@H]1C[C@]2(C)CCC(N2)[C@H]1F. The van der Waals surface area contributed by atoms with Crippen LogP contribution < -0.4 is 5.32 Å². The van der Waals surface area contributed by atoms with Gasteiger partial charge in [0.05, 0.1) is 23.4 Å². The average molecular weight is 405 g/mol. The van der Waals surface area contributed by atoms with Gasteiger partial charge in [-0.2, -0.15) is 5.10 Å². The number of piperidine rings is 1. The Morgan fingerprint density at radius 1 is 1.30 bits per heavy atom. The lowest BCUT2D eigenvalue weighted by molar-refractivity contribution is 0.135. The van der Waals surface area contributed by atoms with E-state index in [0.29, 0.717) is 28.9 Å². The Hall–Kier alpha value is -3.06. The van der Waals surface area contributed by atoms with Crippen molar-refractivity contribution in [3.63, 3.8) is 0 Å². The quantitative estimate of drug-likeness (QED) is 0.688. The minimum Gasteiger partial charge on any atom is -0.507 e. The number of nitrogens with one attached hydrogen (secondary N) is 1. The third-order valence-corrected chi connectivity index (χ3v) is 6.48. The Morgan fingerprint density at radius 2 is 2.17 bits per heavy atom. The number of phenols is 1. The number of aromatic nitrogens is 4. The lowest BCUT2D eigenvalue weighted by atomic mass is 9.78. The monoisotopic (exact) mass is 405 g/mol. The van der Waals surface area contributed by atoms with Crippen LogP contribution in [0.5, 0.6) is 5.75 Å². The Balaban J connectivity index is 1.38. The molecule has 0 aliphatic carbocycles. The van der Waals surface area contributed by atoms with Gasteiger partial charge < -0.3 is 15.0 Å². The predicted octanol–water partition coefficient (Wildman–Crippen LogP) is 3.92. The molecule has 2 N–H and O–H groups in total. The summed E-state index contributed by atoms with van der Waals surface area (Å²) >= 11 is 0. The van der Waals surface area contributed by atoms with Crippen LogP contribution in [0.4, 0.5) is 4.39 Å². The van der Waals surface area contributed by atoms with Crippen molar-refractivity contribution in [2.45, 2.75) is 43.9 Å². The van der Waals surface area contributed by atoms with Crippen molar-refractivity contribution in [3.05, 3.63) is 61.3 Å². The van der Waals surface area contributed by atoms with Crippen molar-refractivity contribution in [3.8, 4) is 22.7 Å². The van der Waals surface area contributed by atoms with Gasteiger partial charge in [-0.1, -0.05) is 6.58 Å². The molecule has 2 bridgehead atoms. The second kappa shape index (κ2) is 7.02. The molecule has 1 unspecified atom stereocenters. The van der Waals surface area contributed by atoms with E-state index in [2.05, 4.69) is 34.0 Å². The normalized spacial score (nSPS) is 27.9. The molecule has 0 amide bonds. The zero-order valence-electron chi connectivity index (χ0n) is 16.8. The molecule has 0 spiro atoms. The van der Waals surface area contributed by atoms with Gasteiger partial charge in [0.1, 0.15) is 11.9 Å². The number of rotatable bonds is 4. The van der Waals surface area contributed by atoms with Crippen LogP contribution in [0.15, 0.2) is 55.6 Å². The Bertz CT molecular complexity index is 1080. The molecule has 5 rings (SSSR count). The molecular weight excluding hydrogens is 381 g/mol.